The van der Waals surface area contributed by atoms with Gasteiger partial charge in [0.1, 0.15) is 0 Å². The number of hydrogen-bond donors (Lipinski definition) is 0. The first kappa shape index (κ1) is 19.0. The van der Waals surface area contributed by atoms with Crippen molar-refractivity contribution in [1.82, 2.24) is 9.80 Å². The van der Waals surface area contributed by atoms with Crippen LogP contribution in [0.3, 0.4) is 0 Å². The maximum Gasteiger partial charge on any atom is 0.0397 e. The molecule has 0 aromatic heterocycles. The standard InChI is InChI=1S/C22H32N4/c1-2-8-21(7-1)19-23-11-5-13-25-15-17-26(18-16-25)14-6-12-24-20-22-9-3-4-10-22/h1-4,7-10,19-22H,5-6,11-18H2. The summed E-state index contributed by atoms with van der Waals surface area (Å²) in [5, 5.41) is 0. The molecular weight excluding hydrogens is 320 g/mol. The Hall–Kier alpha value is -1.78. The molecule has 0 bridgehead atoms. The minimum Gasteiger partial charge on any atom is -0.301 e. The van der Waals surface area contributed by atoms with Crippen LogP contribution in [0.4, 0.5) is 0 Å². The average Bonchev–Trinajstić information content (AvgIpc) is 3.36. The summed E-state index contributed by atoms with van der Waals surface area (Å²) in [4.78, 5) is 14.3. The highest BCUT2D eigenvalue weighted by Crippen LogP contribution is 2.07. The maximum atomic E-state index is 4.55. The molecule has 0 atom stereocenters. The molecule has 0 aromatic carbocycles. The Morgan fingerprint density at radius 2 is 1.04 bits per heavy atom. The maximum absolute atomic E-state index is 4.55. The monoisotopic (exact) mass is 352 g/mol. The largest absolute Gasteiger partial charge is 0.301 e. The highest BCUT2D eigenvalue weighted by atomic mass is 15.3. The average molecular weight is 353 g/mol. The lowest BCUT2D eigenvalue weighted by Crippen LogP contribution is -2.46. The van der Waals surface area contributed by atoms with Gasteiger partial charge in [-0.05, 0) is 25.9 Å². The van der Waals surface area contributed by atoms with E-state index in [4.69, 9.17) is 0 Å². The molecule has 0 spiro atoms. The Balaban J connectivity index is 1.18. The summed E-state index contributed by atoms with van der Waals surface area (Å²) < 4.78 is 0. The molecule has 0 radical (unpaired) electrons. The van der Waals surface area contributed by atoms with Gasteiger partial charge in [-0.15, -0.1) is 0 Å². The molecule has 1 aliphatic heterocycles. The quantitative estimate of drug-likeness (QED) is 0.447. The molecule has 140 valence electrons. The second kappa shape index (κ2) is 11.0. The van der Waals surface area contributed by atoms with Gasteiger partial charge in [-0.2, -0.15) is 0 Å². The van der Waals surface area contributed by atoms with Gasteiger partial charge in [0.15, 0.2) is 0 Å². The Labute approximate surface area is 158 Å². The third kappa shape index (κ3) is 6.85. The van der Waals surface area contributed by atoms with Gasteiger partial charge in [0.2, 0.25) is 0 Å². The number of aliphatic imine (C=N–C) groups is 2. The predicted molar refractivity (Wildman–Crippen MR) is 112 cm³/mol. The number of nitrogens with zero attached hydrogens (tertiary/aromatic N) is 4. The van der Waals surface area contributed by atoms with Crippen molar-refractivity contribution in [1.29, 1.82) is 0 Å². The zero-order valence-electron chi connectivity index (χ0n) is 15.8. The summed E-state index contributed by atoms with van der Waals surface area (Å²) in [6, 6.07) is 0. The lowest BCUT2D eigenvalue weighted by atomic mass is 10.2. The van der Waals surface area contributed by atoms with Crippen LogP contribution in [0.1, 0.15) is 12.8 Å². The summed E-state index contributed by atoms with van der Waals surface area (Å²) in [7, 11) is 0. The normalized spacial score (nSPS) is 22.2. The Kier molecular flexibility index (Phi) is 8.07. The van der Waals surface area contributed by atoms with Crippen LogP contribution in [0.2, 0.25) is 0 Å². The van der Waals surface area contributed by atoms with E-state index in [1.807, 2.05) is 0 Å². The van der Waals surface area contributed by atoms with E-state index in [0.717, 1.165) is 25.9 Å². The molecule has 26 heavy (non-hydrogen) atoms. The van der Waals surface area contributed by atoms with Crippen LogP contribution < -0.4 is 0 Å². The van der Waals surface area contributed by atoms with Gasteiger partial charge in [-0.3, -0.25) is 9.98 Å². The fraction of sp³-hybridized carbons (Fsp3) is 0.545. The molecule has 1 heterocycles. The summed E-state index contributed by atoms with van der Waals surface area (Å²) in [6.45, 7) is 9.01. The molecule has 2 aliphatic carbocycles. The molecule has 0 aromatic rings. The predicted octanol–water partition coefficient (Wildman–Crippen LogP) is 3.01. The Morgan fingerprint density at radius 3 is 1.42 bits per heavy atom. The summed E-state index contributed by atoms with van der Waals surface area (Å²) in [5.41, 5.74) is 0. The lowest BCUT2D eigenvalue weighted by molar-refractivity contribution is 0.131. The van der Waals surface area contributed by atoms with E-state index in [1.165, 1.54) is 39.3 Å². The zero-order valence-corrected chi connectivity index (χ0v) is 15.8. The van der Waals surface area contributed by atoms with E-state index in [9.17, 15) is 0 Å². The minimum absolute atomic E-state index is 0.425. The topological polar surface area (TPSA) is 31.2 Å². The van der Waals surface area contributed by atoms with Gasteiger partial charge >= 0.3 is 0 Å². The van der Waals surface area contributed by atoms with E-state index in [1.54, 1.807) is 0 Å². The van der Waals surface area contributed by atoms with Crippen LogP contribution in [-0.2, 0) is 0 Å². The second-order valence-corrected chi connectivity index (χ2v) is 7.20. The molecular formula is C22H32N4. The SMILES string of the molecule is C1=CC(C=NCCCN2CCN(CCCN=CC3C=CC=C3)CC2)C=C1. The van der Waals surface area contributed by atoms with E-state index in [2.05, 4.69) is 80.8 Å². The molecule has 4 heteroatoms. The van der Waals surface area contributed by atoms with Crippen molar-refractivity contribution >= 4 is 12.4 Å². The van der Waals surface area contributed by atoms with Crippen LogP contribution in [0.15, 0.2) is 58.6 Å². The van der Waals surface area contributed by atoms with Crippen LogP contribution >= 0.6 is 0 Å². The summed E-state index contributed by atoms with van der Waals surface area (Å²) in [6.07, 6.45) is 23.5. The van der Waals surface area contributed by atoms with Gasteiger partial charge in [0.05, 0.1) is 0 Å². The van der Waals surface area contributed by atoms with Gasteiger partial charge < -0.3 is 9.80 Å². The number of allylic oxidation sites excluding steroid dienone is 8. The molecule has 1 fully saturated rings. The van der Waals surface area contributed by atoms with Crippen molar-refractivity contribution < 1.29 is 0 Å². The molecule has 1 saturated heterocycles. The Bertz CT molecular complexity index is 501. The minimum atomic E-state index is 0.425. The van der Waals surface area contributed by atoms with Crippen LogP contribution in [-0.4, -0.2) is 74.6 Å². The molecule has 0 N–H and O–H groups in total. The first-order valence-corrected chi connectivity index (χ1v) is 10.0. The molecule has 0 saturated carbocycles. The third-order valence-electron chi connectivity index (χ3n) is 5.10. The molecule has 3 rings (SSSR count). The lowest BCUT2D eigenvalue weighted by Gasteiger charge is -2.34. The second-order valence-electron chi connectivity index (χ2n) is 7.20. The van der Waals surface area contributed by atoms with Crippen molar-refractivity contribution in [2.24, 2.45) is 21.8 Å². The van der Waals surface area contributed by atoms with E-state index in [0.29, 0.717) is 11.8 Å². The van der Waals surface area contributed by atoms with Crippen LogP contribution in [0, 0.1) is 11.8 Å². The molecule has 4 nitrogen and oxygen atoms in total. The number of hydrogen-bond acceptors (Lipinski definition) is 4. The van der Waals surface area contributed by atoms with E-state index >= 15 is 0 Å². The summed E-state index contributed by atoms with van der Waals surface area (Å²) in [5.74, 6) is 0.850. The van der Waals surface area contributed by atoms with Crippen molar-refractivity contribution in [2.75, 3.05) is 52.4 Å². The zero-order chi connectivity index (χ0) is 17.9. The van der Waals surface area contributed by atoms with Gasteiger partial charge in [0.25, 0.3) is 0 Å². The molecule has 3 aliphatic rings. The van der Waals surface area contributed by atoms with E-state index in [-0.39, 0.29) is 0 Å². The first-order chi connectivity index (χ1) is 12.9. The molecule has 0 unspecified atom stereocenters. The van der Waals surface area contributed by atoms with Gasteiger partial charge in [-0.1, -0.05) is 48.6 Å². The van der Waals surface area contributed by atoms with Gasteiger partial charge in [0, 0.05) is 63.5 Å². The van der Waals surface area contributed by atoms with Crippen molar-refractivity contribution in [3.05, 3.63) is 48.6 Å². The Morgan fingerprint density at radius 1 is 0.654 bits per heavy atom. The van der Waals surface area contributed by atoms with Crippen molar-refractivity contribution in [2.45, 2.75) is 12.8 Å². The number of rotatable bonds is 10. The molecule has 0 amide bonds. The number of piperazine rings is 1. The van der Waals surface area contributed by atoms with E-state index < -0.39 is 0 Å². The smallest absolute Gasteiger partial charge is 0.0397 e. The highest BCUT2D eigenvalue weighted by Gasteiger charge is 2.15. The fourth-order valence-corrected chi connectivity index (χ4v) is 3.50. The van der Waals surface area contributed by atoms with Crippen molar-refractivity contribution in [3.8, 4) is 0 Å². The van der Waals surface area contributed by atoms with Crippen LogP contribution in [0.5, 0.6) is 0 Å². The first-order valence-electron chi connectivity index (χ1n) is 10.0. The van der Waals surface area contributed by atoms with Crippen molar-refractivity contribution in [3.63, 3.8) is 0 Å². The van der Waals surface area contributed by atoms with Gasteiger partial charge in [-0.25, -0.2) is 0 Å². The fourth-order valence-electron chi connectivity index (χ4n) is 3.50. The van der Waals surface area contributed by atoms with Crippen LogP contribution in [0.25, 0.3) is 0 Å². The third-order valence-corrected chi connectivity index (χ3v) is 5.10. The summed E-state index contributed by atoms with van der Waals surface area (Å²) >= 11 is 0. The highest BCUT2D eigenvalue weighted by molar-refractivity contribution is 5.67.